The molecule has 6 nitrogen and oxygen atoms in total. The number of nitrogens with one attached hydrogen (secondary N) is 2. The van der Waals surface area contributed by atoms with Crippen LogP contribution >= 0.6 is 15.9 Å². The summed E-state index contributed by atoms with van der Waals surface area (Å²) in [6.07, 6.45) is 5.33. The maximum Gasteiger partial charge on any atom is 0.262 e. The monoisotopic (exact) mass is 540 g/mol. The molecule has 0 amide bonds. The molecule has 0 aromatic heterocycles. The van der Waals surface area contributed by atoms with Crippen LogP contribution in [0.25, 0.3) is 0 Å². The van der Waals surface area contributed by atoms with Crippen molar-refractivity contribution in [1.82, 2.24) is 0 Å². The molecule has 1 heterocycles. The van der Waals surface area contributed by atoms with E-state index in [-0.39, 0.29) is 16.9 Å². The van der Waals surface area contributed by atoms with E-state index >= 15 is 0 Å². The maximum atomic E-state index is 13.3. The third-order valence-corrected chi connectivity index (χ3v) is 8.42. The lowest BCUT2D eigenvalue weighted by Gasteiger charge is -2.37. The van der Waals surface area contributed by atoms with Gasteiger partial charge >= 0.3 is 0 Å². The minimum atomic E-state index is -3.85. The van der Waals surface area contributed by atoms with E-state index in [4.69, 9.17) is 9.47 Å². The van der Waals surface area contributed by atoms with Crippen LogP contribution in [-0.2, 0) is 10.0 Å². The molecule has 0 spiro atoms. The summed E-state index contributed by atoms with van der Waals surface area (Å²) < 4.78 is 40.9. The zero-order chi connectivity index (χ0) is 23.9. The molecule has 3 aromatic rings. The normalized spacial score (nSPS) is 20.7. The number of hydrogen-bond donors (Lipinski definition) is 2. The number of halogens is 1. The molecule has 5 rings (SSSR count). The van der Waals surface area contributed by atoms with Gasteiger partial charge in [-0.25, -0.2) is 8.42 Å². The van der Waals surface area contributed by atoms with E-state index in [1.54, 1.807) is 30.3 Å². The highest BCUT2D eigenvalue weighted by atomic mass is 79.9. The van der Waals surface area contributed by atoms with E-state index in [0.29, 0.717) is 23.1 Å². The van der Waals surface area contributed by atoms with Crippen LogP contribution in [0.4, 0.5) is 11.4 Å². The van der Waals surface area contributed by atoms with Crippen molar-refractivity contribution in [2.75, 3.05) is 24.3 Å². The van der Waals surface area contributed by atoms with Gasteiger partial charge in [-0.3, -0.25) is 4.72 Å². The summed E-state index contributed by atoms with van der Waals surface area (Å²) >= 11 is 3.51. The Kier molecular flexibility index (Phi) is 6.04. The van der Waals surface area contributed by atoms with Crippen molar-refractivity contribution in [3.63, 3.8) is 0 Å². The summed E-state index contributed by atoms with van der Waals surface area (Å²) in [6.45, 7) is 0. The molecule has 3 aromatic carbocycles. The van der Waals surface area contributed by atoms with Crippen LogP contribution in [0, 0.1) is 5.92 Å². The molecular formula is C26H25BrN2O4S. The van der Waals surface area contributed by atoms with Crippen molar-refractivity contribution in [2.45, 2.75) is 23.3 Å². The van der Waals surface area contributed by atoms with E-state index in [1.807, 2.05) is 6.07 Å². The second-order valence-electron chi connectivity index (χ2n) is 8.45. The number of anilines is 2. The highest BCUT2D eigenvalue weighted by Gasteiger charge is 2.38. The predicted molar refractivity (Wildman–Crippen MR) is 137 cm³/mol. The molecule has 34 heavy (non-hydrogen) atoms. The van der Waals surface area contributed by atoms with Gasteiger partial charge in [0.15, 0.2) is 0 Å². The maximum absolute atomic E-state index is 13.3. The van der Waals surface area contributed by atoms with Gasteiger partial charge in [0.25, 0.3) is 10.0 Å². The molecular weight excluding hydrogens is 516 g/mol. The van der Waals surface area contributed by atoms with Gasteiger partial charge < -0.3 is 14.8 Å². The average molecular weight is 541 g/mol. The second kappa shape index (κ2) is 9.00. The van der Waals surface area contributed by atoms with Gasteiger partial charge in [0, 0.05) is 22.1 Å². The Morgan fingerprint density at radius 2 is 1.79 bits per heavy atom. The summed E-state index contributed by atoms with van der Waals surface area (Å²) in [6, 6.07) is 18.8. The molecule has 0 fully saturated rings. The molecule has 1 aliphatic heterocycles. The molecule has 0 bridgehead atoms. The highest BCUT2D eigenvalue weighted by Crippen LogP contribution is 2.50. The Hall–Kier alpha value is -2.97. The molecule has 0 unspecified atom stereocenters. The smallest absolute Gasteiger partial charge is 0.262 e. The molecule has 2 N–H and O–H groups in total. The fraction of sp³-hybridized carbons (Fsp3) is 0.231. The number of methoxy groups -OCH3 is 2. The predicted octanol–water partition coefficient (Wildman–Crippen LogP) is 6.09. The first kappa shape index (κ1) is 22.8. The first-order chi connectivity index (χ1) is 16.4. The minimum Gasteiger partial charge on any atom is -0.497 e. The van der Waals surface area contributed by atoms with E-state index < -0.39 is 10.0 Å². The topological polar surface area (TPSA) is 76.7 Å². The fourth-order valence-electron chi connectivity index (χ4n) is 4.84. The van der Waals surface area contributed by atoms with Gasteiger partial charge in [-0.15, -0.1) is 0 Å². The van der Waals surface area contributed by atoms with Crippen molar-refractivity contribution in [3.8, 4) is 11.5 Å². The number of allylic oxidation sites excluding steroid dienone is 2. The van der Waals surface area contributed by atoms with Crippen LogP contribution < -0.4 is 19.5 Å². The lowest BCUT2D eigenvalue weighted by atomic mass is 9.77. The van der Waals surface area contributed by atoms with Crippen molar-refractivity contribution >= 4 is 37.3 Å². The number of fused-ring (bicyclic) bond motifs is 3. The van der Waals surface area contributed by atoms with Crippen LogP contribution in [0.1, 0.15) is 29.5 Å². The summed E-state index contributed by atoms with van der Waals surface area (Å²) in [4.78, 5) is 0.207. The highest BCUT2D eigenvalue weighted by molar-refractivity contribution is 9.10. The van der Waals surface area contributed by atoms with Gasteiger partial charge in [-0.05, 0) is 65.9 Å². The molecule has 3 atom stereocenters. The lowest BCUT2D eigenvalue weighted by molar-refractivity contribution is 0.405. The van der Waals surface area contributed by atoms with Gasteiger partial charge in [0.2, 0.25) is 0 Å². The third kappa shape index (κ3) is 4.16. The van der Waals surface area contributed by atoms with E-state index in [2.05, 4.69) is 62.4 Å². The average Bonchev–Trinajstić information content (AvgIpc) is 3.34. The minimum absolute atomic E-state index is 0.145. The Balaban J connectivity index is 1.48. The Labute approximate surface area is 208 Å². The lowest BCUT2D eigenvalue weighted by Crippen LogP contribution is -2.29. The van der Waals surface area contributed by atoms with Crippen LogP contribution in [0.5, 0.6) is 11.5 Å². The van der Waals surface area contributed by atoms with Crippen molar-refractivity contribution in [2.24, 2.45) is 5.92 Å². The largest absolute Gasteiger partial charge is 0.497 e. The Morgan fingerprint density at radius 1 is 1.00 bits per heavy atom. The quantitative estimate of drug-likeness (QED) is 0.369. The first-order valence-electron chi connectivity index (χ1n) is 11.0. The standard InChI is InChI=1S/C26H25BrN2O4S/c1-32-18-10-13-25(33-2)24(14-18)29-34(30,31)19-11-12-23-22(15-19)20-4-3-5-21(20)26(28-23)16-6-8-17(27)9-7-16/h3-4,6-15,20-21,26,28-29H,5H2,1-2H3/t20-,21+,26+/m0/s1. The number of benzene rings is 3. The number of ether oxygens (including phenoxy) is 2. The summed E-state index contributed by atoms with van der Waals surface area (Å²) in [5, 5.41) is 3.66. The van der Waals surface area contributed by atoms with Crippen LogP contribution in [0.3, 0.4) is 0 Å². The van der Waals surface area contributed by atoms with E-state index in [1.165, 1.54) is 19.8 Å². The molecule has 176 valence electrons. The van der Waals surface area contributed by atoms with Crippen LogP contribution in [-0.4, -0.2) is 22.6 Å². The summed E-state index contributed by atoms with van der Waals surface area (Å²) in [5.41, 5.74) is 3.49. The number of sulfonamides is 1. The Bertz CT molecular complexity index is 1360. The number of rotatable bonds is 6. The zero-order valence-electron chi connectivity index (χ0n) is 18.8. The molecule has 2 aliphatic rings. The van der Waals surface area contributed by atoms with Crippen molar-refractivity contribution < 1.29 is 17.9 Å². The summed E-state index contributed by atoms with van der Waals surface area (Å²) in [5.74, 6) is 1.41. The number of hydrogen-bond acceptors (Lipinski definition) is 5. The van der Waals surface area contributed by atoms with Gasteiger partial charge in [0.1, 0.15) is 11.5 Å². The van der Waals surface area contributed by atoms with Gasteiger partial charge in [0.05, 0.1) is 30.8 Å². The fourth-order valence-corrected chi connectivity index (χ4v) is 6.20. The van der Waals surface area contributed by atoms with E-state index in [0.717, 1.165) is 22.1 Å². The van der Waals surface area contributed by atoms with Crippen LogP contribution in [0.2, 0.25) is 0 Å². The zero-order valence-corrected chi connectivity index (χ0v) is 21.2. The Morgan fingerprint density at radius 3 is 2.53 bits per heavy atom. The molecule has 1 aliphatic carbocycles. The molecule has 0 radical (unpaired) electrons. The molecule has 8 heteroatoms. The third-order valence-electron chi connectivity index (χ3n) is 6.52. The van der Waals surface area contributed by atoms with E-state index in [9.17, 15) is 8.42 Å². The van der Waals surface area contributed by atoms with Gasteiger partial charge in [-0.2, -0.15) is 0 Å². The first-order valence-corrected chi connectivity index (χ1v) is 13.2. The van der Waals surface area contributed by atoms with Gasteiger partial charge in [-0.1, -0.05) is 40.2 Å². The second-order valence-corrected chi connectivity index (χ2v) is 11.0. The molecule has 0 saturated heterocycles. The SMILES string of the molecule is COc1ccc(OC)c(NS(=O)(=O)c2ccc3c(c2)[C@H]2C=CC[C@H]2[C@@H](c2ccc(Br)cc2)N3)c1. The molecule has 0 saturated carbocycles. The summed E-state index contributed by atoms with van der Waals surface area (Å²) in [7, 11) is -0.816. The van der Waals surface area contributed by atoms with Crippen molar-refractivity contribution in [1.29, 1.82) is 0 Å². The van der Waals surface area contributed by atoms with Crippen LogP contribution in [0.15, 0.2) is 82.2 Å². The van der Waals surface area contributed by atoms with Crippen molar-refractivity contribution in [3.05, 3.63) is 88.4 Å².